The second kappa shape index (κ2) is 8.83. The van der Waals surface area contributed by atoms with Gasteiger partial charge in [-0.2, -0.15) is 0 Å². The zero-order valence-corrected chi connectivity index (χ0v) is 15.6. The summed E-state index contributed by atoms with van der Waals surface area (Å²) in [7, 11) is 0. The molecule has 1 heterocycles. The first-order valence-corrected chi connectivity index (χ1v) is 8.75. The molecular weight excluding hydrogens is 379 g/mol. The van der Waals surface area contributed by atoms with Gasteiger partial charge in [0, 0.05) is 5.69 Å². The number of nitrogens with two attached hydrogens (primary N) is 1. The number of hydrogen-bond donors (Lipinski definition) is 3. The molecule has 0 fully saturated rings. The molecule has 9 nitrogen and oxygen atoms in total. The smallest absolute Gasteiger partial charge is 0.280 e. The molecule has 150 valence electrons. The van der Waals surface area contributed by atoms with E-state index in [1.165, 1.54) is 18.2 Å². The van der Waals surface area contributed by atoms with Crippen LogP contribution in [0, 0.1) is 5.82 Å². The summed E-state index contributed by atoms with van der Waals surface area (Å²) in [5, 5.41) is 12.7. The Balaban J connectivity index is 1.68. The molecule has 10 heteroatoms. The first-order valence-electron chi connectivity index (χ1n) is 8.75. The molecule has 1 aromatic heterocycles. The van der Waals surface area contributed by atoms with Gasteiger partial charge in [-0.25, -0.2) is 9.07 Å². The molecule has 0 spiro atoms. The fourth-order valence-electron chi connectivity index (χ4n) is 2.53. The molecule has 2 aromatic carbocycles. The van der Waals surface area contributed by atoms with E-state index in [2.05, 4.69) is 20.9 Å². The minimum atomic E-state index is -0.665. The fourth-order valence-corrected chi connectivity index (χ4v) is 2.53. The first kappa shape index (κ1) is 19.8. The van der Waals surface area contributed by atoms with E-state index < -0.39 is 17.6 Å². The summed E-state index contributed by atoms with van der Waals surface area (Å²) in [6.45, 7) is 2.03. The van der Waals surface area contributed by atoms with Crippen molar-refractivity contribution in [3.63, 3.8) is 0 Å². The third-order valence-electron chi connectivity index (χ3n) is 3.83. The molecule has 0 saturated carbocycles. The molecule has 2 amide bonds. The molecule has 29 heavy (non-hydrogen) atoms. The highest BCUT2D eigenvalue weighted by Crippen LogP contribution is 2.23. The van der Waals surface area contributed by atoms with Crippen LogP contribution in [0.5, 0.6) is 5.75 Å². The van der Waals surface area contributed by atoms with Gasteiger partial charge in [0.05, 0.1) is 12.3 Å². The number of aromatic nitrogens is 3. The van der Waals surface area contributed by atoms with Crippen molar-refractivity contribution in [2.45, 2.75) is 13.5 Å². The molecule has 0 unspecified atom stereocenters. The molecule has 0 aliphatic carbocycles. The minimum absolute atomic E-state index is 0.0906. The zero-order chi connectivity index (χ0) is 20.8. The van der Waals surface area contributed by atoms with Gasteiger partial charge in [0.2, 0.25) is 5.91 Å². The molecule has 3 aromatic rings. The minimum Gasteiger partial charge on any atom is -0.492 e. The quantitative estimate of drug-likeness (QED) is 0.561. The monoisotopic (exact) mass is 398 g/mol. The van der Waals surface area contributed by atoms with Crippen LogP contribution in [0.4, 0.5) is 21.6 Å². The van der Waals surface area contributed by atoms with Gasteiger partial charge in [0.25, 0.3) is 5.91 Å². The van der Waals surface area contributed by atoms with Crippen LogP contribution in [-0.2, 0) is 11.3 Å². The number of amides is 2. The van der Waals surface area contributed by atoms with Crippen LogP contribution >= 0.6 is 0 Å². The molecule has 0 saturated heterocycles. The second-order valence-electron chi connectivity index (χ2n) is 5.92. The zero-order valence-electron chi connectivity index (χ0n) is 15.6. The van der Waals surface area contributed by atoms with E-state index in [9.17, 15) is 14.0 Å². The Morgan fingerprint density at radius 2 is 1.97 bits per heavy atom. The lowest BCUT2D eigenvalue weighted by Gasteiger charge is -2.11. The van der Waals surface area contributed by atoms with Crippen LogP contribution in [0.15, 0.2) is 48.5 Å². The number of carbonyl (C=O) groups excluding carboxylic acids is 2. The maximum Gasteiger partial charge on any atom is 0.280 e. The summed E-state index contributed by atoms with van der Waals surface area (Å²) in [6.07, 6.45) is 0. The van der Waals surface area contributed by atoms with Gasteiger partial charge in [-0.1, -0.05) is 23.4 Å². The van der Waals surface area contributed by atoms with Crippen molar-refractivity contribution in [2.24, 2.45) is 0 Å². The number of halogens is 1. The van der Waals surface area contributed by atoms with Crippen LogP contribution in [0.2, 0.25) is 0 Å². The van der Waals surface area contributed by atoms with Gasteiger partial charge in [-0.05, 0) is 37.3 Å². The normalized spacial score (nSPS) is 10.4. The van der Waals surface area contributed by atoms with Gasteiger partial charge in [-0.3, -0.25) is 9.59 Å². The Morgan fingerprint density at radius 1 is 1.17 bits per heavy atom. The third kappa shape index (κ3) is 4.86. The van der Waals surface area contributed by atoms with Crippen LogP contribution in [-0.4, -0.2) is 33.4 Å². The summed E-state index contributed by atoms with van der Waals surface area (Å²) >= 11 is 0. The van der Waals surface area contributed by atoms with Crippen molar-refractivity contribution in [3.05, 3.63) is 60.0 Å². The van der Waals surface area contributed by atoms with Crippen LogP contribution < -0.4 is 21.1 Å². The maximum atomic E-state index is 13.2. The highest BCUT2D eigenvalue weighted by Gasteiger charge is 2.19. The van der Waals surface area contributed by atoms with Gasteiger partial charge < -0.3 is 21.1 Å². The molecule has 4 N–H and O–H groups in total. The Bertz CT molecular complexity index is 1040. The molecule has 0 aliphatic heterocycles. The summed E-state index contributed by atoms with van der Waals surface area (Å²) in [6, 6.07) is 12.4. The Morgan fingerprint density at radius 3 is 2.72 bits per heavy atom. The number of nitrogens with zero attached hydrogens (tertiary/aromatic N) is 3. The largest absolute Gasteiger partial charge is 0.492 e. The van der Waals surface area contributed by atoms with Crippen molar-refractivity contribution >= 4 is 29.0 Å². The SMILES string of the molecule is CCOc1ccccc1NC(=O)Cn1nnc(C(=O)Nc2cccc(F)c2)c1N. The van der Waals surface area contributed by atoms with Crippen molar-refractivity contribution in [2.75, 3.05) is 23.0 Å². The number of nitrogens with one attached hydrogen (secondary N) is 2. The molecular formula is C19H19FN6O3. The molecule has 0 radical (unpaired) electrons. The number of ether oxygens (including phenoxy) is 1. The van der Waals surface area contributed by atoms with E-state index in [0.29, 0.717) is 18.0 Å². The van der Waals surface area contributed by atoms with Gasteiger partial charge in [-0.15, -0.1) is 5.10 Å². The number of hydrogen-bond acceptors (Lipinski definition) is 6. The topological polar surface area (TPSA) is 124 Å². The average molecular weight is 398 g/mol. The highest BCUT2D eigenvalue weighted by atomic mass is 19.1. The van der Waals surface area contributed by atoms with Gasteiger partial charge in [0.15, 0.2) is 11.5 Å². The predicted octanol–water partition coefficient (Wildman–Crippen LogP) is 2.29. The van der Waals surface area contributed by atoms with Crippen LogP contribution in [0.3, 0.4) is 0 Å². The Labute approximate surface area is 165 Å². The predicted molar refractivity (Wildman–Crippen MR) is 105 cm³/mol. The van der Waals surface area contributed by atoms with Crippen LogP contribution in [0.1, 0.15) is 17.4 Å². The Hall–Kier alpha value is -3.95. The number of anilines is 3. The lowest BCUT2D eigenvalue weighted by molar-refractivity contribution is -0.116. The van der Waals surface area contributed by atoms with E-state index in [1.54, 1.807) is 24.3 Å². The second-order valence-corrected chi connectivity index (χ2v) is 5.92. The molecule has 0 atom stereocenters. The number of benzene rings is 2. The molecule has 0 aliphatic rings. The van der Waals surface area contributed by atoms with Crippen molar-refractivity contribution in [3.8, 4) is 5.75 Å². The third-order valence-corrected chi connectivity index (χ3v) is 3.83. The number of para-hydroxylation sites is 2. The molecule has 3 rings (SSSR count). The van der Waals surface area contributed by atoms with Crippen LogP contribution in [0.25, 0.3) is 0 Å². The number of carbonyl (C=O) groups is 2. The summed E-state index contributed by atoms with van der Waals surface area (Å²) < 4.78 is 19.8. The van der Waals surface area contributed by atoms with Gasteiger partial charge in [0.1, 0.15) is 18.1 Å². The fraction of sp³-hybridized carbons (Fsp3) is 0.158. The number of rotatable bonds is 7. The van der Waals surface area contributed by atoms with Gasteiger partial charge >= 0.3 is 0 Å². The van der Waals surface area contributed by atoms with Crippen molar-refractivity contribution in [1.82, 2.24) is 15.0 Å². The lowest BCUT2D eigenvalue weighted by atomic mass is 10.3. The lowest BCUT2D eigenvalue weighted by Crippen LogP contribution is -2.21. The summed E-state index contributed by atoms with van der Waals surface area (Å²) in [5.74, 6) is -1.15. The van der Waals surface area contributed by atoms with Crippen molar-refractivity contribution in [1.29, 1.82) is 0 Å². The summed E-state index contributed by atoms with van der Waals surface area (Å²) in [4.78, 5) is 24.7. The number of nitrogen functional groups attached to an aromatic ring is 1. The first-order chi connectivity index (χ1) is 14.0. The highest BCUT2D eigenvalue weighted by molar-refractivity contribution is 6.05. The van der Waals surface area contributed by atoms with E-state index >= 15 is 0 Å². The average Bonchev–Trinajstić information content (AvgIpc) is 3.04. The Kier molecular flexibility index (Phi) is 6.03. The van der Waals surface area contributed by atoms with E-state index in [1.807, 2.05) is 6.92 Å². The molecule has 0 bridgehead atoms. The van der Waals surface area contributed by atoms with Crippen molar-refractivity contribution < 1.29 is 18.7 Å². The van der Waals surface area contributed by atoms with E-state index in [-0.39, 0.29) is 23.7 Å². The standard InChI is InChI=1S/C19H19FN6O3/c1-2-29-15-9-4-3-8-14(15)23-16(27)11-26-18(21)17(24-25-26)19(28)22-13-7-5-6-12(20)10-13/h3-10H,2,11,21H2,1H3,(H,22,28)(H,23,27). The summed E-state index contributed by atoms with van der Waals surface area (Å²) in [5.41, 5.74) is 6.48. The maximum absolute atomic E-state index is 13.2. The van der Waals surface area contributed by atoms with E-state index in [0.717, 1.165) is 10.7 Å². The van der Waals surface area contributed by atoms with E-state index in [4.69, 9.17) is 10.5 Å².